The Hall–Kier alpha value is -3.38. The first-order chi connectivity index (χ1) is 15.2. The molecule has 7 heteroatoms. The van der Waals surface area contributed by atoms with E-state index >= 15 is 0 Å². The zero-order valence-electron chi connectivity index (χ0n) is 17.1. The molecule has 1 amide bonds. The van der Waals surface area contributed by atoms with Gasteiger partial charge in [-0.05, 0) is 24.1 Å². The number of fused-ring (bicyclic) bond motifs is 1. The van der Waals surface area contributed by atoms with E-state index in [1.54, 1.807) is 12.4 Å². The Morgan fingerprint density at radius 2 is 1.84 bits per heavy atom. The topological polar surface area (TPSA) is 80.7 Å². The Bertz CT molecular complexity index is 1200. The number of benzene rings is 2. The zero-order chi connectivity index (χ0) is 21.6. The maximum absolute atomic E-state index is 12.5. The number of halogens is 1. The molecule has 2 heterocycles. The van der Waals surface area contributed by atoms with Gasteiger partial charge in [0.15, 0.2) is 5.15 Å². The van der Waals surface area contributed by atoms with Crippen molar-refractivity contribution in [2.75, 3.05) is 0 Å². The molecule has 0 fully saturated rings. The molecule has 0 radical (unpaired) electrons. The Morgan fingerprint density at radius 1 is 1.03 bits per heavy atom. The fourth-order valence-corrected chi connectivity index (χ4v) is 3.58. The fourth-order valence-electron chi connectivity index (χ4n) is 3.36. The van der Waals surface area contributed by atoms with Gasteiger partial charge in [0.2, 0.25) is 5.91 Å². The van der Waals surface area contributed by atoms with Crippen LogP contribution in [-0.4, -0.2) is 25.8 Å². The Balaban J connectivity index is 1.75. The first-order valence-electron chi connectivity index (χ1n) is 10.2. The van der Waals surface area contributed by atoms with Gasteiger partial charge in [-0.3, -0.25) is 14.8 Å². The highest BCUT2D eigenvalue weighted by molar-refractivity contribution is 6.30. The predicted octanol–water partition coefficient (Wildman–Crippen LogP) is 5.14. The molecule has 31 heavy (non-hydrogen) atoms. The molecule has 1 atom stereocenters. The number of nitrogens with one attached hydrogen (secondary N) is 1. The first-order valence-corrected chi connectivity index (χ1v) is 10.6. The number of carbonyl (C=O) groups excluding carboxylic acids is 1. The van der Waals surface area contributed by atoms with Crippen molar-refractivity contribution >= 4 is 28.5 Å². The number of hydrogen-bond acceptors (Lipinski definition) is 5. The number of unbranched alkanes of at least 4 members (excludes halogenated alkanes) is 1. The molecule has 6 nitrogen and oxygen atoms in total. The summed E-state index contributed by atoms with van der Waals surface area (Å²) in [6, 6.07) is 15.1. The summed E-state index contributed by atoms with van der Waals surface area (Å²) in [5, 5.41) is 3.32. The number of amides is 1. The summed E-state index contributed by atoms with van der Waals surface area (Å²) in [5.74, 6) is -0.0576. The molecule has 1 N–H and O–H groups in total. The third-order valence-electron chi connectivity index (χ3n) is 4.98. The van der Waals surface area contributed by atoms with Crippen LogP contribution in [0.1, 0.15) is 43.5 Å². The molecule has 0 aliphatic rings. The minimum Gasteiger partial charge on any atom is -0.343 e. The van der Waals surface area contributed by atoms with Gasteiger partial charge in [0.1, 0.15) is 5.69 Å². The Kier molecular flexibility index (Phi) is 6.48. The van der Waals surface area contributed by atoms with E-state index < -0.39 is 6.04 Å². The first kappa shape index (κ1) is 20.9. The second kappa shape index (κ2) is 9.62. The van der Waals surface area contributed by atoms with Crippen molar-refractivity contribution in [3.05, 3.63) is 83.5 Å². The molecule has 4 rings (SSSR count). The SMILES string of the molecule is CCCCC(=O)NC(c1ccc2ncc(-c3ccccc3)nc2c1)c1nccnc1Cl. The van der Waals surface area contributed by atoms with Crippen LogP contribution in [0.5, 0.6) is 0 Å². The number of aromatic nitrogens is 4. The zero-order valence-corrected chi connectivity index (χ0v) is 17.9. The number of hydrogen-bond donors (Lipinski definition) is 1. The minimum atomic E-state index is -0.530. The van der Waals surface area contributed by atoms with E-state index in [1.165, 1.54) is 6.20 Å². The normalized spacial score (nSPS) is 11.9. The molecule has 0 bridgehead atoms. The summed E-state index contributed by atoms with van der Waals surface area (Å²) >= 11 is 6.33. The summed E-state index contributed by atoms with van der Waals surface area (Å²) in [5.41, 5.74) is 4.59. The lowest BCUT2D eigenvalue weighted by atomic mass is 10.0. The third-order valence-corrected chi connectivity index (χ3v) is 5.28. The average Bonchev–Trinajstić information content (AvgIpc) is 2.81. The molecule has 1 unspecified atom stereocenters. The van der Waals surface area contributed by atoms with Gasteiger partial charge >= 0.3 is 0 Å². The standard InChI is InChI=1S/C24H22ClN5O/c1-2-3-9-21(31)30-22(23-24(25)27-13-12-26-23)17-10-11-18-19(14-17)29-20(15-28-18)16-7-5-4-6-8-16/h4-8,10-15,22H,2-3,9H2,1H3,(H,30,31). The van der Waals surface area contributed by atoms with Crippen LogP contribution in [0, 0.1) is 0 Å². The number of rotatable bonds is 7. The molecule has 156 valence electrons. The molecule has 0 saturated heterocycles. The minimum absolute atomic E-state index is 0.0576. The van der Waals surface area contributed by atoms with Crippen LogP contribution in [-0.2, 0) is 4.79 Å². The third kappa shape index (κ3) is 4.86. The van der Waals surface area contributed by atoms with Crippen molar-refractivity contribution in [2.24, 2.45) is 0 Å². The van der Waals surface area contributed by atoms with Crippen LogP contribution in [0.4, 0.5) is 0 Å². The van der Waals surface area contributed by atoms with Gasteiger partial charge in [-0.15, -0.1) is 0 Å². The summed E-state index contributed by atoms with van der Waals surface area (Å²) in [7, 11) is 0. The van der Waals surface area contributed by atoms with Crippen LogP contribution in [0.25, 0.3) is 22.3 Å². The Morgan fingerprint density at radius 3 is 2.61 bits per heavy atom. The highest BCUT2D eigenvalue weighted by atomic mass is 35.5. The predicted molar refractivity (Wildman–Crippen MR) is 122 cm³/mol. The van der Waals surface area contributed by atoms with Gasteiger partial charge in [-0.25, -0.2) is 9.97 Å². The highest BCUT2D eigenvalue weighted by Crippen LogP contribution is 2.28. The quantitative estimate of drug-likeness (QED) is 0.438. The van der Waals surface area contributed by atoms with Crippen molar-refractivity contribution in [3.63, 3.8) is 0 Å². The van der Waals surface area contributed by atoms with Gasteiger partial charge in [0.05, 0.1) is 29.0 Å². The van der Waals surface area contributed by atoms with E-state index in [9.17, 15) is 4.79 Å². The molecule has 0 aliphatic heterocycles. The van der Waals surface area contributed by atoms with Gasteiger partial charge in [-0.2, -0.15) is 0 Å². The summed E-state index contributed by atoms with van der Waals surface area (Å²) in [6.07, 6.45) is 7.06. The largest absolute Gasteiger partial charge is 0.343 e. The van der Waals surface area contributed by atoms with Crippen molar-refractivity contribution in [2.45, 2.75) is 32.2 Å². The van der Waals surface area contributed by atoms with Crippen molar-refractivity contribution in [1.29, 1.82) is 0 Å². The van der Waals surface area contributed by atoms with Gasteiger partial charge in [0.25, 0.3) is 0 Å². The number of nitrogens with zero attached hydrogens (tertiary/aromatic N) is 4. The summed E-state index contributed by atoms with van der Waals surface area (Å²) in [4.78, 5) is 30.4. The van der Waals surface area contributed by atoms with Crippen LogP contribution < -0.4 is 5.32 Å². The van der Waals surface area contributed by atoms with E-state index in [-0.39, 0.29) is 11.1 Å². The maximum Gasteiger partial charge on any atom is 0.220 e. The fraction of sp³-hybridized carbons (Fsp3) is 0.208. The van der Waals surface area contributed by atoms with Gasteiger partial charge in [0, 0.05) is 24.4 Å². The van der Waals surface area contributed by atoms with Gasteiger partial charge in [-0.1, -0.05) is 61.3 Å². The smallest absolute Gasteiger partial charge is 0.220 e. The average molecular weight is 432 g/mol. The molecule has 0 spiro atoms. The van der Waals surface area contributed by atoms with E-state index in [0.717, 1.165) is 40.7 Å². The Labute approximate surface area is 185 Å². The van der Waals surface area contributed by atoms with Crippen LogP contribution >= 0.6 is 11.6 Å². The summed E-state index contributed by atoms with van der Waals surface area (Å²) < 4.78 is 0. The molecular weight excluding hydrogens is 410 g/mol. The molecule has 2 aromatic heterocycles. The molecule has 0 saturated carbocycles. The van der Waals surface area contributed by atoms with Crippen molar-refractivity contribution < 1.29 is 4.79 Å². The van der Waals surface area contributed by atoms with E-state index in [0.29, 0.717) is 12.1 Å². The van der Waals surface area contributed by atoms with E-state index in [2.05, 4.69) is 27.2 Å². The van der Waals surface area contributed by atoms with E-state index in [1.807, 2.05) is 48.5 Å². The molecule has 0 aliphatic carbocycles. The van der Waals surface area contributed by atoms with Crippen LogP contribution in [0.2, 0.25) is 5.15 Å². The van der Waals surface area contributed by atoms with Crippen molar-refractivity contribution in [1.82, 2.24) is 25.3 Å². The molecular formula is C24H22ClN5O. The van der Waals surface area contributed by atoms with Crippen molar-refractivity contribution in [3.8, 4) is 11.3 Å². The second-order valence-electron chi connectivity index (χ2n) is 7.21. The van der Waals surface area contributed by atoms with E-state index in [4.69, 9.17) is 16.6 Å². The lowest BCUT2D eigenvalue weighted by Gasteiger charge is -2.20. The second-order valence-corrected chi connectivity index (χ2v) is 7.56. The van der Waals surface area contributed by atoms with Crippen LogP contribution in [0.3, 0.4) is 0 Å². The number of carbonyl (C=O) groups is 1. The molecule has 4 aromatic rings. The maximum atomic E-state index is 12.5. The lowest BCUT2D eigenvalue weighted by Crippen LogP contribution is -2.30. The molecule has 2 aromatic carbocycles. The lowest BCUT2D eigenvalue weighted by molar-refractivity contribution is -0.121. The highest BCUT2D eigenvalue weighted by Gasteiger charge is 2.22. The van der Waals surface area contributed by atoms with Gasteiger partial charge < -0.3 is 5.32 Å². The van der Waals surface area contributed by atoms with Crippen LogP contribution in [0.15, 0.2) is 67.1 Å². The summed E-state index contributed by atoms with van der Waals surface area (Å²) in [6.45, 7) is 2.05. The monoisotopic (exact) mass is 431 g/mol.